The lowest BCUT2D eigenvalue weighted by atomic mass is 10.3. The number of nitrogens with zero attached hydrogens (tertiary/aromatic N) is 1. The molecule has 92 valence electrons. The summed E-state index contributed by atoms with van der Waals surface area (Å²) in [6.45, 7) is 4.00. The molecule has 0 aromatic rings. The number of carbonyl (C=O) groups excluding carboxylic acids is 1. The van der Waals surface area contributed by atoms with E-state index in [2.05, 4.69) is 10.1 Å². The van der Waals surface area contributed by atoms with E-state index in [1.807, 2.05) is 13.8 Å². The normalized spacial score (nSPS) is 13.6. The molecule has 0 aliphatic rings. The molecular formula is C7H15F3N2O2S. The number of alkyl halides is 3. The van der Waals surface area contributed by atoms with Crippen LogP contribution in [-0.4, -0.2) is 34.8 Å². The maximum Gasteiger partial charge on any atom is 0.412 e. The van der Waals surface area contributed by atoms with Crippen LogP contribution in [0.4, 0.5) is 13.2 Å². The lowest BCUT2D eigenvalue weighted by molar-refractivity contribution is -0.160. The van der Waals surface area contributed by atoms with Gasteiger partial charge in [0.1, 0.15) is 0 Å². The first-order valence-electron chi connectivity index (χ1n) is 4.07. The summed E-state index contributed by atoms with van der Waals surface area (Å²) in [5, 5.41) is 0. The highest BCUT2D eigenvalue weighted by atomic mass is 32.2. The van der Waals surface area contributed by atoms with Crippen LogP contribution in [0.15, 0.2) is 4.36 Å². The zero-order chi connectivity index (χ0) is 12.9. The average molecular weight is 248 g/mol. The van der Waals surface area contributed by atoms with Gasteiger partial charge in [0.2, 0.25) is 0 Å². The lowest BCUT2D eigenvalue weighted by Gasteiger charge is -2.11. The van der Waals surface area contributed by atoms with Gasteiger partial charge in [-0.25, -0.2) is 4.21 Å². The molecule has 1 atom stereocenters. The van der Waals surface area contributed by atoms with E-state index >= 15 is 0 Å². The number of hydrogen-bond donors (Lipinski definition) is 1. The van der Waals surface area contributed by atoms with Crippen molar-refractivity contribution < 1.29 is 22.2 Å². The van der Waals surface area contributed by atoms with Gasteiger partial charge >= 0.3 is 6.18 Å². The molecule has 0 saturated carbocycles. The van der Waals surface area contributed by atoms with Crippen LogP contribution >= 0.6 is 0 Å². The van der Waals surface area contributed by atoms with Crippen molar-refractivity contribution in [3.63, 3.8) is 0 Å². The van der Waals surface area contributed by atoms with Crippen molar-refractivity contribution in [2.24, 2.45) is 10.1 Å². The number of rotatable bonds is 1. The van der Waals surface area contributed by atoms with Crippen LogP contribution < -0.4 is 5.73 Å². The van der Waals surface area contributed by atoms with Crippen LogP contribution in [0, 0.1) is 0 Å². The van der Waals surface area contributed by atoms with Crippen molar-refractivity contribution >= 4 is 15.6 Å². The number of amides is 1. The Bertz CT molecular complexity index is 311. The third-order valence-electron chi connectivity index (χ3n) is 0.929. The molecule has 0 aliphatic carbocycles. The largest absolute Gasteiger partial charge is 0.412 e. The van der Waals surface area contributed by atoms with E-state index in [-0.39, 0.29) is 0 Å². The molecule has 1 amide bonds. The first-order chi connectivity index (χ1) is 6.54. The van der Waals surface area contributed by atoms with Crippen molar-refractivity contribution in [3.05, 3.63) is 0 Å². The highest BCUT2D eigenvalue weighted by Crippen LogP contribution is 2.19. The molecule has 15 heavy (non-hydrogen) atoms. The Kier molecular flexibility index (Phi) is 6.78. The highest BCUT2D eigenvalue weighted by molar-refractivity contribution is 7.92. The van der Waals surface area contributed by atoms with Gasteiger partial charge in [-0.2, -0.15) is 17.5 Å². The predicted molar refractivity (Wildman–Crippen MR) is 52.8 cm³/mol. The van der Waals surface area contributed by atoms with Crippen molar-refractivity contribution in [1.29, 1.82) is 0 Å². The molecule has 0 aliphatic heterocycles. The Labute approximate surface area is 87.2 Å². The number of carbonyl (C=O) groups is 1. The summed E-state index contributed by atoms with van der Waals surface area (Å²) in [5.41, 5.74) is 4.51. The first kappa shape index (κ1) is 16.8. The summed E-state index contributed by atoms with van der Waals surface area (Å²) >= 11 is 0. The number of nitrogens with two attached hydrogens (primary N) is 1. The van der Waals surface area contributed by atoms with Gasteiger partial charge in [0.05, 0.1) is 0 Å². The van der Waals surface area contributed by atoms with Gasteiger partial charge in [-0.1, -0.05) is 13.8 Å². The third kappa shape index (κ3) is 8.37. The first-order valence-corrected chi connectivity index (χ1v) is 6.40. The predicted octanol–water partition coefficient (Wildman–Crippen LogP) is 1.16. The fourth-order valence-electron chi connectivity index (χ4n) is 0.413. The number of hydrogen-bond acceptors (Lipinski definition) is 3. The van der Waals surface area contributed by atoms with Gasteiger partial charge in [-0.05, 0) is 0 Å². The van der Waals surface area contributed by atoms with E-state index in [1.165, 1.54) is 0 Å². The minimum Gasteiger partial charge on any atom is -0.312 e. The molecule has 8 heteroatoms. The molecular weight excluding hydrogens is 233 g/mol. The summed E-state index contributed by atoms with van der Waals surface area (Å²) in [6, 6.07) is -2.69. The van der Waals surface area contributed by atoms with E-state index < -0.39 is 27.9 Å². The maximum atomic E-state index is 11.8. The average Bonchev–Trinajstić information content (AvgIpc) is 2.02. The molecule has 2 N–H and O–H groups in total. The van der Waals surface area contributed by atoms with E-state index in [9.17, 15) is 22.2 Å². The lowest BCUT2D eigenvalue weighted by Crippen LogP contribution is -2.43. The monoisotopic (exact) mass is 248 g/mol. The molecule has 0 fully saturated rings. The molecule has 0 aromatic carbocycles. The van der Waals surface area contributed by atoms with E-state index in [4.69, 9.17) is 0 Å². The molecule has 0 radical (unpaired) electrons. The third-order valence-corrected chi connectivity index (χ3v) is 1.55. The van der Waals surface area contributed by atoms with Crippen molar-refractivity contribution in [3.8, 4) is 0 Å². The van der Waals surface area contributed by atoms with Crippen LogP contribution in [0.1, 0.15) is 13.8 Å². The van der Waals surface area contributed by atoms with Gasteiger partial charge in [-0.15, -0.1) is 0 Å². The molecule has 0 aromatic heterocycles. The zero-order valence-electron chi connectivity index (χ0n) is 8.96. The minimum absolute atomic E-state index is 1.05. The quantitative estimate of drug-likeness (QED) is 0.756. The Morgan fingerprint density at radius 2 is 1.67 bits per heavy atom. The second-order valence-electron chi connectivity index (χ2n) is 2.63. The van der Waals surface area contributed by atoms with E-state index in [0.717, 1.165) is 12.5 Å². The second-order valence-corrected chi connectivity index (χ2v) is 5.18. The van der Waals surface area contributed by atoms with Gasteiger partial charge in [0.25, 0.3) is 5.91 Å². The standard InChI is InChI=1S/C5H9F3N2O2S.C2H6/c1-13(2,12)10-4(11)3(9)5(6,7)8;1-2/h3H,9H2,1-2H3;1-2H3. The second kappa shape index (κ2) is 6.06. The topological polar surface area (TPSA) is 72.5 Å². The van der Waals surface area contributed by atoms with Crippen LogP contribution in [0.5, 0.6) is 0 Å². The zero-order valence-corrected chi connectivity index (χ0v) is 9.78. The van der Waals surface area contributed by atoms with Crippen LogP contribution in [-0.2, 0) is 14.5 Å². The van der Waals surface area contributed by atoms with Crippen molar-refractivity contribution in [1.82, 2.24) is 0 Å². The van der Waals surface area contributed by atoms with Crippen molar-refractivity contribution in [2.45, 2.75) is 26.1 Å². The Morgan fingerprint density at radius 1 is 1.33 bits per heavy atom. The Hall–Kier alpha value is -0.630. The van der Waals surface area contributed by atoms with E-state index in [1.54, 1.807) is 0 Å². The maximum absolute atomic E-state index is 11.8. The smallest absolute Gasteiger partial charge is 0.312 e. The van der Waals surface area contributed by atoms with Gasteiger partial charge in [0, 0.05) is 22.2 Å². The van der Waals surface area contributed by atoms with Crippen LogP contribution in [0.2, 0.25) is 0 Å². The molecule has 0 rings (SSSR count). The molecule has 0 bridgehead atoms. The van der Waals surface area contributed by atoms with Crippen molar-refractivity contribution in [2.75, 3.05) is 12.5 Å². The highest BCUT2D eigenvalue weighted by Gasteiger charge is 2.42. The molecule has 1 unspecified atom stereocenters. The van der Waals surface area contributed by atoms with Crippen LogP contribution in [0.3, 0.4) is 0 Å². The van der Waals surface area contributed by atoms with E-state index in [0.29, 0.717) is 0 Å². The number of halogens is 3. The molecule has 4 nitrogen and oxygen atoms in total. The molecule has 0 heterocycles. The minimum atomic E-state index is -4.84. The molecule has 0 saturated heterocycles. The fraction of sp³-hybridized carbons (Fsp3) is 0.857. The summed E-state index contributed by atoms with van der Waals surface area (Å²) in [7, 11) is -2.88. The molecule has 0 spiro atoms. The van der Waals surface area contributed by atoms with Gasteiger partial charge in [0.15, 0.2) is 6.04 Å². The van der Waals surface area contributed by atoms with Crippen LogP contribution in [0.25, 0.3) is 0 Å². The fourth-order valence-corrected chi connectivity index (χ4v) is 0.960. The Morgan fingerprint density at radius 3 is 1.87 bits per heavy atom. The summed E-state index contributed by atoms with van der Waals surface area (Å²) in [5.74, 6) is -1.61. The SMILES string of the molecule is CC.CS(C)(=O)=NC(=O)C(N)C(F)(F)F. The van der Waals surface area contributed by atoms with Gasteiger partial charge in [-0.3, -0.25) is 4.79 Å². The summed E-state index contributed by atoms with van der Waals surface area (Å²) < 4.78 is 49.0. The van der Waals surface area contributed by atoms with Gasteiger partial charge < -0.3 is 5.73 Å². The summed E-state index contributed by atoms with van der Waals surface area (Å²) in [4.78, 5) is 10.6. The summed E-state index contributed by atoms with van der Waals surface area (Å²) in [6.07, 6.45) is -2.74. The Balaban J connectivity index is 0.